The average molecular weight is 424 g/mol. The first-order valence-electron chi connectivity index (χ1n) is 9.61. The van der Waals surface area contributed by atoms with Crippen LogP contribution in [0, 0.1) is 5.92 Å². The van der Waals surface area contributed by atoms with Gasteiger partial charge in [0.05, 0.1) is 17.4 Å². The summed E-state index contributed by atoms with van der Waals surface area (Å²) in [5.74, 6) is 0.733. The predicted molar refractivity (Wildman–Crippen MR) is 105 cm³/mol. The lowest BCUT2D eigenvalue weighted by Crippen LogP contribution is -2.37. The number of carbonyl (C=O) groups excluding carboxylic acids is 1. The fraction of sp³-hybridized carbons (Fsp3) is 0.429. The Morgan fingerprint density at radius 1 is 1.24 bits per heavy atom. The smallest absolute Gasteiger partial charge is 0.368 e. The van der Waals surface area contributed by atoms with Gasteiger partial charge in [-0.1, -0.05) is 23.7 Å². The zero-order valence-electron chi connectivity index (χ0n) is 15.6. The number of hydrogen-bond donors (Lipinski definition) is 1. The average Bonchev–Trinajstić information content (AvgIpc) is 3.27. The lowest BCUT2D eigenvalue weighted by atomic mass is 10.1. The van der Waals surface area contributed by atoms with Gasteiger partial charge in [-0.25, -0.2) is 0 Å². The molecule has 0 unspecified atom stereocenters. The highest BCUT2D eigenvalue weighted by Crippen LogP contribution is 2.49. The number of alkyl halides is 3. The van der Waals surface area contributed by atoms with E-state index in [1.165, 1.54) is 11.8 Å². The van der Waals surface area contributed by atoms with Crippen LogP contribution in [0.1, 0.15) is 36.3 Å². The molecule has 2 fully saturated rings. The van der Waals surface area contributed by atoms with Gasteiger partial charge in [0.2, 0.25) is 5.91 Å². The molecular weight excluding hydrogens is 403 g/mol. The lowest BCUT2D eigenvalue weighted by molar-refractivity contribution is -0.137. The van der Waals surface area contributed by atoms with Gasteiger partial charge < -0.3 is 10.2 Å². The second-order valence-electron chi connectivity index (χ2n) is 7.79. The number of pyridine rings is 1. The Morgan fingerprint density at radius 3 is 2.72 bits per heavy atom. The van der Waals surface area contributed by atoms with Crippen molar-refractivity contribution < 1.29 is 18.0 Å². The van der Waals surface area contributed by atoms with Gasteiger partial charge in [-0.15, -0.1) is 0 Å². The maximum atomic E-state index is 12.9. The number of aromatic nitrogens is 1. The highest BCUT2D eigenvalue weighted by atomic mass is 35.5. The molecule has 1 saturated heterocycles. The predicted octanol–water partition coefficient (Wildman–Crippen LogP) is 4.64. The van der Waals surface area contributed by atoms with Gasteiger partial charge in [0.25, 0.3) is 0 Å². The van der Waals surface area contributed by atoms with Crippen molar-refractivity contribution in [3.8, 4) is 0 Å². The zero-order valence-corrected chi connectivity index (χ0v) is 16.4. The minimum Gasteiger partial charge on any atom is -0.368 e. The molecule has 4 rings (SSSR count). The van der Waals surface area contributed by atoms with Gasteiger partial charge in [-0.3, -0.25) is 9.78 Å². The van der Waals surface area contributed by atoms with Crippen molar-refractivity contribution in [2.24, 2.45) is 5.92 Å². The molecule has 2 aromatic rings. The molecule has 29 heavy (non-hydrogen) atoms. The first-order valence-corrected chi connectivity index (χ1v) is 9.99. The van der Waals surface area contributed by atoms with Crippen molar-refractivity contribution in [1.82, 2.24) is 10.3 Å². The maximum absolute atomic E-state index is 12.9. The van der Waals surface area contributed by atoms with Gasteiger partial charge in [-0.05, 0) is 48.4 Å². The zero-order chi connectivity index (χ0) is 20.6. The molecule has 1 N–H and O–H groups in total. The Morgan fingerprint density at radius 2 is 2.00 bits per heavy atom. The van der Waals surface area contributed by atoms with Crippen LogP contribution in [-0.4, -0.2) is 30.0 Å². The van der Waals surface area contributed by atoms with Gasteiger partial charge in [0.1, 0.15) is 0 Å². The van der Waals surface area contributed by atoms with Crippen LogP contribution in [0.15, 0.2) is 42.7 Å². The van der Waals surface area contributed by atoms with Crippen molar-refractivity contribution in [3.05, 3.63) is 58.9 Å². The molecule has 0 bridgehead atoms. The van der Waals surface area contributed by atoms with E-state index in [1.807, 2.05) is 29.2 Å². The molecule has 154 valence electrons. The molecule has 1 aliphatic carbocycles. The maximum Gasteiger partial charge on any atom is 0.417 e. The SMILES string of the molecule is O=C(C[C@H]1C[C@H]1c1ccc(Cl)cc1)N[C@@H]1CCN(c2cncc(C(F)(F)F)c2)C1. The number of halogens is 4. The number of anilines is 1. The van der Waals surface area contributed by atoms with E-state index < -0.39 is 11.7 Å². The number of nitrogens with one attached hydrogen (secondary N) is 1. The quantitative estimate of drug-likeness (QED) is 0.761. The largest absolute Gasteiger partial charge is 0.417 e. The standard InChI is InChI=1S/C21H21ClF3N3O/c22-16-3-1-13(2-4-16)19-7-14(19)8-20(29)27-17-5-6-28(12-17)18-9-15(10-26-11-18)21(23,24)25/h1-4,9-11,14,17,19H,5-8,12H2,(H,27,29)/t14-,17-,19+/m1/s1. The number of carbonyl (C=O) groups is 1. The van der Waals surface area contributed by atoms with Crippen LogP contribution in [0.2, 0.25) is 5.02 Å². The normalized spacial score (nSPS) is 23.9. The lowest BCUT2D eigenvalue weighted by Gasteiger charge is -2.20. The minimum atomic E-state index is -4.42. The van der Waals surface area contributed by atoms with E-state index in [0.717, 1.165) is 18.7 Å². The van der Waals surface area contributed by atoms with Gasteiger partial charge >= 0.3 is 6.18 Å². The van der Waals surface area contributed by atoms with E-state index in [9.17, 15) is 18.0 Å². The molecule has 4 nitrogen and oxygen atoms in total. The van der Waals surface area contributed by atoms with Gasteiger partial charge in [0.15, 0.2) is 0 Å². The van der Waals surface area contributed by atoms with Crippen LogP contribution < -0.4 is 10.2 Å². The van der Waals surface area contributed by atoms with Crippen LogP contribution in [0.4, 0.5) is 18.9 Å². The van der Waals surface area contributed by atoms with E-state index >= 15 is 0 Å². The Bertz CT molecular complexity index is 887. The molecule has 1 aromatic heterocycles. The second-order valence-corrected chi connectivity index (χ2v) is 8.22. The number of hydrogen-bond acceptors (Lipinski definition) is 3. The molecule has 2 aliphatic rings. The molecule has 1 amide bonds. The fourth-order valence-corrected chi connectivity index (χ4v) is 4.11. The summed E-state index contributed by atoms with van der Waals surface area (Å²) in [5.41, 5.74) is 0.877. The third kappa shape index (κ3) is 4.83. The van der Waals surface area contributed by atoms with E-state index in [4.69, 9.17) is 11.6 Å². The van der Waals surface area contributed by atoms with Crippen LogP contribution >= 0.6 is 11.6 Å². The highest BCUT2D eigenvalue weighted by molar-refractivity contribution is 6.30. The van der Waals surface area contributed by atoms with Crippen LogP contribution in [0.25, 0.3) is 0 Å². The topological polar surface area (TPSA) is 45.2 Å². The van der Waals surface area contributed by atoms with Crippen LogP contribution in [0.5, 0.6) is 0 Å². The molecule has 1 aliphatic heterocycles. The molecule has 8 heteroatoms. The van der Waals surface area contributed by atoms with Crippen LogP contribution in [0.3, 0.4) is 0 Å². The van der Waals surface area contributed by atoms with Crippen molar-refractivity contribution in [2.45, 2.75) is 37.4 Å². The Balaban J connectivity index is 1.27. The van der Waals surface area contributed by atoms with Crippen molar-refractivity contribution in [2.75, 3.05) is 18.0 Å². The van der Waals surface area contributed by atoms with Gasteiger partial charge in [0, 0.05) is 36.8 Å². The summed E-state index contributed by atoms with van der Waals surface area (Å²) >= 11 is 5.91. The van der Waals surface area contributed by atoms with Crippen molar-refractivity contribution in [1.29, 1.82) is 0 Å². The summed E-state index contributed by atoms with van der Waals surface area (Å²) in [7, 11) is 0. The summed E-state index contributed by atoms with van der Waals surface area (Å²) in [6.07, 6.45) is -0.00289. The van der Waals surface area contributed by atoms with Crippen molar-refractivity contribution in [3.63, 3.8) is 0 Å². The fourth-order valence-electron chi connectivity index (χ4n) is 3.98. The molecular formula is C21H21ClF3N3O. The number of amides is 1. The number of benzene rings is 1. The summed E-state index contributed by atoms with van der Waals surface area (Å²) in [5, 5.41) is 3.73. The first kappa shape index (κ1) is 20.0. The summed E-state index contributed by atoms with van der Waals surface area (Å²) in [6.45, 7) is 1.07. The second kappa shape index (κ2) is 7.86. The monoisotopic (exact) mass is 423 g/mol. The Hall–Kier alpha value is -2.28. The van der Waals surface area contributed by atoms with Crippen LogP contribution in [-0.2, 0) is 11.0 Å². The number of rotatable bonds is 5. The first-order chi connectivity index (χ1) is 13.8. The third-order valence-electron chi connectivity index (χ3n) is 5.64. The molecule has 1 saturated carbocycles. The molecule has 0 radical (unpaired) electrons. The molecule has 3 atom stereocenters. The van der Waals surface area contributed by atoms with Gasteiger partial charge in [-0.2, -0.15) is 13.2 Å². The Labute approximate surface area is 172 Å². The Kier molecular flexibility index (Phi) is 5.42. The molecule has 1 aromatic carbocycles. The van der Waals surface area contributed by atoms with E-state index in [-0.39, 0.29) is 11.9 Å². The summed E-state index contributed by atoms with van der Waals surface area (Å²) in [4.78, 5) is 17.9. The van der Waals surface area contributed by atoms with E-state index in [0.29, 0.717) is 48.5 Å². The minimum absolute atomic E-state index is 0.000445. The van der Waals surface area contributed by atoms with E-state index in [2.05, 4.69) is 10.3 Å². The third-order valence-corrected chi connectivity index (χ3v) is 5.89. The summed E-state index contributed by atoms with van der Waals surface area (Å²) < 4.78 is 38.6. The number of nitrogens with zero attached hydrogens (tertiary/aromatic N) is 2. The summed E-state index contributed by atoms with van der Waals surface area (Å²) in [6, 6.07) is 8.78. The molecule has 0 spiro atoms. The van der Waals surface area contributed by atoms with E-state index in [1.54, 1.807) is 0 Å². The van der Waals surface area contributed by atoms with Crippen molar-refractivity contribution >= 4 is 23.2 Å². The molecule has 2 heterocycles. The highest BCUT2D eigenvalue weighted by Gasteiger charge is 2.40.